The van der Waals surface area contributed by atoms with Gasteiger partial charge >= 0.3 is 0 Å². The first-order chi connectivity index (χ1) is 7.68. The Morgan fingerprint density at radius 2 is 2.31 bits per heavy atom. The molecule has 0 radical (unpaired) electrons. The van der Waals surface area contributed by atoms with Gasteiger partial charge in [-0.1, -0.05) is 11.6 Å². The van der Waals surface area contributed by atoms with Gasteiger partial charge in [0.25, 0.3) is 0 Å². The summed E-state index contributed by atoms with van der Waals surface area (Å²) in [6.45, 7) is 2.74. The molecule has 0 spiro atoms. The van der Waals surface area contributed by atoms with Gasteiger partial charge in [0.1, 0.15) is 17.3 Å². The zero-order valence-corrected chi connectivity index (χ0v) is 10.1. The molecule has 88 valence electrons. The molecular formula is C11H16ClN3O. The summed E-state index contributed by atoms with van der Waals surface area (Å²) in [4.78, 5) is 10.2. The Kier molecular flexibility index (Phi) is 3.61. The van der Waals surface area contributed by atoms with Crippen LogP contribution >= 0.6 is 11.6 Å². The summed E-state index contributed by atoms with van der Waals surface area (Å²) in [6.07, 6.45) is 4.40. The van der Waals surface area contributed by atoms with Crippen LogP contribution in [0.2, 0.25) is 5.15 Å². The Hall–Kier alpha value is -0.870. The molecule has 2 heterocycles. The standard InChI is InChI=1S/C11H16ClN3O/c1-8(16)9-4-2-3-5-15(9)11-6-10(12)13-7-14-11/h6-9,16H,2-5H2,1H3/t8-,9-/m0/s1. The minimum atomic E-state index is -0.353. The number of aliphatic hydroxyl groups excluding tert-OH is 1. The number of aliphatic hydroxyl groups is 1. The number of piperidine rings is 1. The Morgan fingerprint density at radius 1 is 1.50 bits per heavy atom. The number of nitrogens with zero attached hydrogens (tertiary/aromatic N) is 3. The summed E-state index contributed by atoms with van der Waals surface area (Å²) in [5.41, 5.74) is 0. The molecule has 0 bridgehead atoms. The van der Waals surface area contributed by atoms with Gasteiger partial charge in [0.05, 0.1) is 12.1 Å². The molecule has 1 aliphatic rings. The van der Waals surface area contributed by atoms with Crippen molar-refractivity contribution in [1.29, 1.82) is 0 Å². The first kappa shape index (κ1) is 11.6. The third-order valence-corrected chi connectivity index (χ3v) is 3.23. The van der Waals surface area contributed by atoms with Gasteiger partial charge < -0.3 is 10.0 Å². The predicted octanol–water partition coefficient (Wildman–Crippen LogP) is 1.87. The lowest BCUT2D eigenvalue weighted by molar-refractivity contribution is 0.145. The molecule has 16 heavy (non-hydrogen) atoms. The van der Waals surface area contributed by atoms with Gasteiger partial charge in [-0.15, -0.1) is 0 Å². The van der Waals surface area contributed by atoms with Crippen LogP contribution in [0.25, 0.3) is 0 Å². The number of hydrogen-bond donors (Lipinski definition) is 1. The topological polar surface area (TPSA) is 49.2 Å². The Labute approximate surface area is 100 Å². The smallest absolute Gasteiger partial charge is 0.134 e. The third kappa shape index (κ3) is 2.44. The summed E-state index contributed by atoms with van der Waals surface area (Å²) in [6, 6.07) is 1.89. The molecular weight excluding hydrogens is 226 g/mol. The zero-order valence-electron chi connectivity index (χ0n) is 9.30. The van der Waals surface area contributed by atoms with E-state index < -0.39 is 0 Å². The van der Waals surface area contributed by atoms with Crippen molar-refractivity contribution in [2.75, 3.05) is 11.4 Å². The van der Waals surface area contributed by atoms with Crippen molar-refractivity contribution in [3.05, 3.63) is 17.5 Å². The van der Waals surface area contributed by atoms with Crippen LogP contribution in [-0.2, 0) is 0 Å². The zero-order chi connectivity index (χ0) is 11.5. The molecule has 0 saturated carbocycles. The van der Waals surface area contributed by atoms with Crippen molar-refractivity contribution in [3.63, 3.8) is 0 Å². The monoisotopic (exact) mass is 241 g/mol. The quantitative estimate of drug-likeness (QED) is 0.804. The lowest BCUT2D eigenvalue weighted by Gasteiger charge is -2.38. The maximum Gasteiger partial charge on any atom is 0.134 e. The predicted molar refractivity (Wildman–Crippen MR) is 63.7 cm³/mol. The molecule has 1 fully saturated rings. The van der Waals surface area contributed by atoms with E-state index in [9.17, 15) is 5.11 Å². The molecule has 1 aromatic heterocycles. The lowest BCUT2D eigenvalue weighted by Crippen LogP contribution is -2.46. The summed E-state index contributed by atoms with van der Waals surface area (Å²) in [7, 11) is 0. The van der Waals surface area contributed by atoms with Gasteiger partial charge in [-0.05, 0) is 26.2 Å². The van der Waals surface area contributed by atoms with Crippen LogP contribution in [0, 0.1) is 0 Å². The van der Waals surface area contributed by atoms with Gasteiger partial charge in [-0.2, -0.15) is 0 Å². The number of hydrogen-bond acceptors (Lipinski definition) is 4. The van der Waals surface area contributed by atoms with E-state index in [4.69, 9.17) is 11.6 Å². The summed E-state index contributed by atoms with van der Waals surface area (Å²) in [5.74, 6) is 0.811. The number of anilines is 1. The van der Waals surface area contributed by atoms with Crippen molar-refractivity contribution >= 4 is 17.4 Å². The van der Waals surface area contributed by atoms with Gasteiger partial charge in [-0.25, -0.2) is 9.97 Å². The van der Waals surface area contributed by atoms with Crippen molar-refractivity contribution in [3.8, 4) is 0 Å². The minimum Gasteiger partial charge on any atom is -0.391 e. The molecule has 1 aromatic rings. The van der Waals surface area contributed by atoms with E-state index >= 15 is 0 Å². The fourth-order valence-electron chi connectivity index (χ4n) is 2.22. The highest BCUT2D eigenvalue weighted by Crippen LogP contribution is 2.25. The van der Waals surface area contributed by atoms with Crippen LogP contribution in [0.3, 0.4) is 0 Å². The summed E-state index contributed by atoms with van der Waals surface area (Å²) >= 11 is 5.85. The van der Waals surface area contributed by atoms with Gasteiger partial charge in [0.2, 0.25) is 0 Å². The van der Waals surface area contributed by atoms with E-state index in [-0.39, 0.29) is 12.1 Å². The largest absolute Gasteiger partial charge is 0.391 e. The summed E-state index contributed by atoms with van der Waals surface area (Å²) < 4.78 is 0. The fourth-order valence-corrected chi connectivity index (χ4v) is 2.37. The molecule has 1 N–H and O–H groups in total. The molecule has 2 rings (SSSR count). The second kappa shape index (κ2) is 4.97. The number of aromatic nitrogens is 2. The van der Waals surface area contributed by atoms with Gasteiger partial charge in [0.15, 0.2) is 0 Å². The maximum absolute atomic E-state index is 9.76. The van der Waals surface area contributed by atoms with Crippen LogP contribution in [0.15, 0.2) is 12.4 Å². The number of halogens is 1. The van der Waals surface area contributed by atoms with E-state index in [0.717, 1.165) is 31.6 Å². The van der Waals surface area contributed by atoms with Crippen molar-refractivity contribution in [1.82, 2.24) is 9.97 Å². The molecule has 0 aliphatic carbocycles. The highest BCUT2D eigenvalue weighted by molar-refractivity contribution is 6.29. The fraction of sp³-hybridized carbons (Fsp3) is 0.636. The van der Waals surface area contributed by atoms with Crippen LogP contribution in [0.1, 0.15) is 26.2 Å². The maximum atomic E-state index is 9.76. The van der Waals surface area contributed by atoms with E-state index in [1.54, 1.807) is 6.07 Å². The van der Waals surface area contributed by atoms with Crippen LogP contribution < -0.4 is 4.90 Å². The Balaban J connectivity index is 2.23. The summed E-state index contributed by atoms with van der Waals surface area (Å²) in [5, 5.41) is 10.2. The average molecular weight is 242 g/mol. The molecule has 2 atom stereocenters. The molecule has 1 saturated heterocycles. The molecule has 0 aromatic carbocycles. The first-order valence-electron chi connectivity index (χ1n) is 5.61. The van der Waals surface area contributed by atoms with Crippen molar-refractivity contribution in [2.45, 2.75) is 38.3 Å². The van der Waals surface area contributed by atoms with Crippen LogP contribution in [0.5, 0.6) is 0 Å². The minimum absolute atomic E-state index is 0.139. The number of rotatable bonds is 2. The van der Waals surface area contributed by atoms with Crippen LogP contribution in [-0.4, -0.2) is 33.8 Å². The Morgan fingerprint density at radius 3 is 3.00 bits per heavy atom. The van der Waals surface area contributed by atoms with Crippen LogP contribution in [0.4, 0.5) is 5.82 Å². The van der Waals surface area contributed by atoms with E-state index in [2.05, 4.69) is 14.9 Å². The van der Waals surface area contributed by atoms with Gasteiger partial charge in [0, 0.05) is 12.6 Å². The highest BCUT2D eigenvalue weighted by Gasteiger charge is 2.27. The first-order valence-corrected chi connectivity index (χ1v) is 5.98. The third-order valence-electron chi connectivity index (χ3n) is 3.02. The molecule has 0 amide bonds. The second-order valence-electron chi connectivity index (χ2n) is 4.20. The molecule has 4 nitrogen and oxygen atoms in total. The highest BCUT2D eigenvalue weighted by atomic mass is 35.5. The lowest BCUT2D eigenvalue weighted by atomic mass is 9.98. The van der Waals surface area contributed by atoms with E-state index in [0.29, 0.717) is 5.15 Å². The normalized spacial score (nSPS) is 23.2. The molecule has 0 unspecified atom stereocenters. The van der Waals surface area contributed by atoms with E-state index in [1.165, 1.54) is 6.33 Å². The van der Waals surface area contributed by atoms with E-state index in [1.807, 2.05) is 6.92 Å². The SMILES string of the molecule is C[C@H](O)[C@@H]1CCCCN1c1cc(Cl)ncn1. The average Bonchev–Trinajstić information content (AvgIpc) is 2.29. The molecule has 5 heteroatoms. The van der Waals surface area contributed by atoms with Crippen molar-refractivity contribution in [2.24, 2.45) is 0 Å². The van der Waals surface area contributed by atoms with Gasteiger partial charge in [-0.3, -0.25) is 0 Å². The second-order valence-corrected chi connectivity index (χ2v) is 4.58. The molecule has 1 aliphatic heterocycles. The Bertz CT molecular complexity index is 359. The van der Waals surface area contributed by atoms with Crippen molar-refractivity contribution < 1.29 is 5.11 Å².